The Hall–Kier alpha value is -3.02. The number of hydrogen-bond acceptors (Lipinski definition) is 2. The maximum Gasteiger partial charge on any atom is 0.387 e. The Labute approximate surface area is 203 Å². The monoisotopic (exact) mass is 486 g/mol. The van der Waals surface area contributed by atoms with Gasteiger partial charge in [-0.2, -0.15) is 8.78 Å². The molecule has 0 radical (unpaired) electrons. The molecule has 0 bridgehead atoms. The molecule has 186 valence electrons. The summed E-state index contributed by atoms with van der Waals surface area (Å²) in [4.78, 5) is 0. The van der Waals surface area contributed by atoms with Gasteiger partial charge in [-0.15, -0.1) is 0 Å². The molecule has 0 saturated heterocycles. The first kappa shape index (κ1) is 25.1. The number of rotatable bonds is 8. The third kappa shape index (κ3) is 5.80. The molecule has 6 heteroatoms. The Balaban J connectivity index is 1.62. The van der Waals surface area contributed by atoms with Crippen molar-refractivity contribution in [1.29, 1.82) is 0 Å². The molecule has 4 rings (SSSR count). The summed E-state index contributed by atoms with van der Waals surface area (Å²) in [5, 5.41) is 0. The standard InChI is InChI=1S/C29H30F4O2/c1-3-6-19-9-11-21(12-10-19)26-24(30)17-18(2)28(27(26)31)35-25-8-5-4-7-23(25)20-13-15-22(16-14-20)34-29(32)33/h4-5,7-8,13-17,19,21,29H,3,6,9-12H2,1-2H3/t19-,21-. The van der Waals surface area contributed by atoms with Crippen LogP contribution < -0.4 is 9.47 Å². The van der Waals surface area contributed by atoms with Gasteiger partial charge in [0.1, 0.15) is 17.3 Å². The lowest BCUT2D eigenvalue weighted by molar-refractivity contribution is -0.0498. The van der Waals surface area contributed by atoms with Crippen molar-refractivity contribution in [2.75, 3.05) is 0 Å². The lowest BCUT2D eigenvalue weighted by Crippen LogP contribution is -2.16. The molecule has 0 N–H and O–H groups in total. The Morgan fingerprint density at radius 3 is 2.29 bits per heavy atom. The van der Waals surface area contributed by atoms with Crippen LogP contribution in [0.5, 0.6) is 17.2 Å². The van der Waals surface area contributed by atoms with Crippen LogP contribution in [0.2, 0.25) is 0 Å². The molecule has 3 aromatic rings. The van der Waals surface area contributed by atoms with E-state index >= 15 is 4.39 Å². The first-order valence-corrected chi connectivity index (χ1v) is 12.2. The maximum absolute atomic E-state index is 15.8. The van der Waals surface area contributed by atoms with Crippen molar-refractivity contribution in [1.82, 2.24) is 0 Å². The fourth-order valence-electron chi connectivity index (χ4n) is 5.10. The van der Waals surface area contributed by atoms with Crippen molar-refractivity contribution >= 4 is 0 Å². The summed E-state index contributed by atoms with van der Waals surface area (Å²) in [6.07, 6.45) is 5.79. The van der Waals surface area contributed by atoms with E-state index in [0.717, 1.165) is 38.5 Å². The summed E-state index contributed by atoms with van der Waals surface area (Å²) in [6, 6.07) is 14.6. The van der Waals surface area contributed by atoms with Crippen LogP contribution in [0.1, 0.15) is 62.5 Å². The van der Waals surface area contributed by atoms with E-state index in [2.05, 4.69) is 11.7 Å². The van der Waals surface area contributed by atoms with Crippen LogP contribution in [0.4, 0.5) is 17.6 Å². The summed E-state index contributed by atoms with van der Waals surface area (Å²) in [7, 11) is 0. The first-order valence-electron chi connectivity index (χ1n) is 12.2. The van der Waals surface area contributed by atoms with Crippen LogP contribution in [0.25, 0.3) is 11.1 Å². The number of hydrogen-bond donors (Lipinski definition) is 0. The second-order valence-corrected chi connectivity index (χ2v) is 9.24. The summed E-state index contributed by atoms with van der Waals surface area (Å²) in [5.74, 6) is -0.244. The fraction of sp³-hybridized carbons (Fsp3) is 0.379. The van der Waals surface area contributed by atoms with Gasteiger partial charge in [0.05, 0.1) is 0 Å². The number of alkyl halides is 2. The average molecular weight is 487 g/mol. The lowest BCUT2D eigenvalue weighted by Gasteiger charge is -2.29. The molecule has 2 nitrogen and oxygen atoms in total. The van der Waals surface area contributed by atoms with Crippen LogP contribution in [-0.4, -0.2) is 6.61 Å². The second-order valence-electron chi connectivity index (χ2n) is 9.24. The molecule has 1 fully saturated rings. The number of aryl methyl sites for hydroxylation is 1. The van der Waals surface area contributed by atoms with E-state index < -0.39 is 18.2 Å². The van der Waals surface area contributed by atoms with Crippen molar-refractivity contribution in [3.8, 4) is 28.4 Å². The molecule has 0 aromatic heterocycles. The van der Waals surface area contributed by atoms with Gasteiger partial charge in [0.15, 0.2) is 11.6 Å². The highest BCUT2D eigenvalue weighted by atomic mass is 19.3. The van der Waals surface area contributed by atoms with Gasteiger partial charge in [-0.1, -0.05) is 50.1 Å². The Bertz CT molecular complexity index is 1140. The van der Waals surface area contributed by atoms with Gasteiger partial charge < -0.3 is 9.47 Å². The smallest absolute Gasteiger partial charge is 0.387 e. The van der Waals surface area contributed by atoms with Crippen molar-refractivity contribution in [2.45, 2.75) is 64.9 Å². The van der Waals surface area contributed by atoms with E-state index in [4.69, 9.17) is 4.74 Å². The van der Waals surface area contributed by atoms with Gasteiger partial charge in [0, 0.05) is 11.1 Å². The van der Waals surface area contributed by atoms with E-state index in [-0.39, 0.29) is 23.0 Å². The minimum Gasteiger partial charge on any atom is -0.453 e. The molecule has 0 aliphatic heterocycles. The molecular formula is C29H30F4O2. The lowest BCUT2D eigenvalue weighted by atomic mass is 9.77. The van der Waals surface area contributed by atoms with Crippen LogP contribution in [0, 0.1) is 24.5 Å². The minimum absolute atomic E-state index is 0.0159. The highest BCUT2D eigenvalue weighted by Crippen LogP contribution is 2.44. The zero-order valence-corrected chi connectivity index (χ0v) is 20.0. The zero-order valence-electron chi connectivity index (χ0n) is 20.0. The van der Waals surface area contributed by atoms with Crippen LogP contribution in [0.3, 0.4) is 0 Å². The van der Waals surface area contributed by atoms with E-state index in [1.165, 1.54) is 18.2 Å². The topological polar surface area (TPSA) is 18.5 Å². The Kier molecular flexibility index (Phi) is 7.99. The summed E-state index contributed by atoms with van der Waals surface area (Å²) in [5.41, 5.74) is 1.84. The predicted octanol–water partition coefficient (Wildman–Crippen LogP) is 9.41. The molecule has 0 unspecified atom stereocenters. The summed E-state index contributed by atoms with van der Waals surface area (Å²) < 4.78 is 66.2. The Morgan fingerprint density at radius 1 is 0.943 bits per heavy atom. The van der Waals surface area contributed by atoms with Gasteiger partial charge in [-0.25, -0.2) is 8.78 Å². The molecule has 0 atom stereocenters. The zero-order chi connectivity index (χ0) is 24.9. The SMILES string of the molecule is CCC[C@H]1CC[C@H](c2c(F)cc(C)c(Oc3ccccc3-c3ccc(OC(F)F)cc3)c2F)CC1. The number of benzene rings is 3. The van der Waals surface area contributed by atoms with Gasteiger partial charge in [-0.3, -0.25) is 0 Å². The average Bonchev–Trinajstić information content (AvgIpc) is 2.83. The largest absolute Gasteiger partial charge is 0.453 e. The molecule has 0 spiro atoms. The number of para-hydroxylation sites is 1. The van der Waals surface area contributed by atoms with Crippen LogP contribution >= 0.6 is 0 Å². The van der Waals surface area contributed by atoms with Crippen molar-refractivity contribution in [3.63, 3.8) is 0 Å². The van der Waals surface area contributed by atoms with Crippen LogP contribution in [0.15, 0.2) is 54.6 Å². The molecule has 35 heavy (non-hydrogen) atoms. The number of halogens is 4. The summed E-state index contributed by atoms with van der Waals surface area (Å²) in [6.45, 7) is 0.887. The minimum atomic E-state index is -2.91. The molecule has 1 aliphatic rings. The second kappa shape index (κ2) is 11.1. The third-order valence-electron chi connectivity index (χ3n) is 6.84. The van der Waals surface area contributed by atoms with E-state index in [1.54, 1.807) is 43.3 Å². The van der Waals surface area contributed by atoms with Gasteiger partial charge in [0.2, 0.25) is 0 Å². The van der Waals surface area contributed by atoms with Gasteiger partial charge >= 0.3 is 6.61 Å². The van der Waals surface area contributed by atoms with E-state index in [9.17, 15) is 13.2 Å². The normalized spacial score (nSPS) is 18.0. The number of ether oxygens (including phenoxy) is 2. The van der Waals surface area contributed by atoms with Crippen molar-refractivity contribution < 1.29 is 27.0 Å². The maximum atomic E-state index is 15.8. The highest BCUT2D eigenvalue weighted by molar-refractivity contribution is 5.71. The molecule has 3 aromatic carbocycles. The predicted molar refractivity (Wildman–Crippen MR) is 129 cm³/mol. The van der Waals surface area contributed by atoms with E-state index in [1.807, 2.05) is 0 Å². The molecular weight excluding hydrogens is 456 g/mol. The fourth-order valence-corrected chi connectivity index (χ4v) is 5.10. The molecule has 1 saturated carbocycles. The van der Waals surface area contributed by atoms with Crippen molar-refractivity contribution in [2.24, 2.45) is 5.92 Å². The van der Waals surface area contributed by atoms with Gasteiger partial charge in [0.25, 0.3) is 0 Å². The van der Waals surface area contributed by atoms with Gasteiger partial charge in [-0.05, 0) is 79.8 Å². The quantitative estimate of drug-likeness (QED) is 0.295. The highest BCUT2D eigenvalue weighted by Gasteiger charge is 2.29. The van der Waals surface area contributed by atoms with E-state index in [0.29, 0.717) is 28.4 Å². The molecule has 1 aliphatic carbocycles. The first-order chi connectivity index (χ1) is 16.9. The van der Waals surface area contributed by atoms with Crippen LogP contribution in [-0.2, 0) is 0 Å². The van der Waals surface area contributed by atoms with Crippen molar-refractivity contribution in [3.05, 3.63) is 77.4 Å². The Morgan fingerprint density at radius 2 is 1.63 bits per heavy atom. The molecule has 0 amide bonds. The third-order valence-corrected chi connectivity index (χ3v) is 6.84. The molecule has 0 heterocycles. The summed E-state index contributed by atoms with van der Waals surface area (Å²) >= 11 is 0.